The monoisotopic (exact) mass is 583 g/mol. The summed E-state index contributed by atoms with van der Waals surface area (Å²) in [4.78, 5) is 27.6. The molecule has 2 aromatic carbocycles. The van der Waals surface area contributed by atoms with Crippen molar-refractivity contribution < 1.29 is 14.7 Å². The van der Waals surface area contributed by atoms with E-state index in [1.807, 2.05) is 79.4 Å². The summed E-state index contributed by atoms with van der Waals surface area (Å²) in [5, 5.41) is 22.2. The van der Waals surface area contributed by atoms with Crippen LogP contribution in [0.4, 0.5) is 5.82 Å². The zero-order valence-corrected chi connectivity index (χ0v) is 25.8. The van der Waals surface area contributed by atoms with Gasteiger partial charge in [0.25, 0.3) is 0 Å². The van der Waals surface area contributed by atoms with E-state index in [0.29, 0.717) is 31.5 Å². The summed E-state index contributed by atoms with van der Waals surface area (Å²) in [6, 6.07) is 20.3. The molecule has 2 saturated carbocycles. The molecule has 2 aliphatic carbocycles. The van der Waals surface area contributed by atoms with Crippen molar-refractivity contribution in [3.8, 4) is 22.4 Å². The fourth-order valence-electron chi connectivity index (χ4n) is 7.15. The zero-order chi connectivity index (χ0) is 30.8. The van der Waals surface area contributed by atoms with Gasteiger partial charge in [0.15, 0.2) is 5.82 Å². The minimum atomic E-state index is -0.719. The van der Waals surface area contributed by atoms with Crippen LogP contribution in [0.15, 0.2) is 60.7 Å². The molecular formula is C35H45N5O3. The number of hydrogen-bond acceptors (Lipinski definition) is 6. The molecule has 0 saturated heterocycles. The molecule has 0 aliphatic heterocycles. The number of nitrogens with zero attached hydrogens (tertiary/aromatic N) is 3. The lowest BCUT2D eigenvalue weighted by Crippen LogP contribution is -2.58. The number of rotatable bonds is 9. The Kier molecular flexibility index (Phi) is 8.99. The van der Waals surface area contributed by atoms with E-state index in [9.17, 15) is 14.7 Å². The minimum absolute atomic E-state index is 0.0659. The smallest absolute Gasteiger partial charge is 0.225 e. The second-order valence-electron chi connectivity index (χ2n) is 13.1. The Bertz CT molecular complexity index is 1420. The fraction of sp³-hybridized carbons (Fsp3) is 0.486. The molecule has 2 fully saturated rings. The van der Waals surface area contributed by atoms with Crippen molar-refractivity contribution in [2.75, 3.05) is 5.32 Å². The first-order chi connectivity index (χ1) is 20.5. The molecule has 2 aliphatic rings. The summed E-state index contributed by atoms with van der Waals surface area (Å²) in [5.41, 5.74) is 9.77. The quantitative estimate of drug-likeness (QED) is 0.282. The van der Waals surface area contributed by atoms with Crippen LogP contribution < -0.4 is 11.1 Å². The fourth-order valence-corrected chi connectivity index (χ4v) is 7.15. The van der Waals surface area contributed by atoms with Gasteiger partial charge in [0.1, 0.15) is 5.69 Å². The molecule has 0 unspecified atom stereocenters. The van der Waals surface area contributed by atoms with Crippen molar-refractivity contribution in [1.29, 1.82) is 0 Å². The predicted octanol–water partition coefficient (Wildman–Crippen LogP) is 6.04. The van der Waals surface area contributed by atoms with Crippen molar-refractivity contribution in [2.45, 2.75) is 102 Å². The molecule has 43 heavy (non-hydrogen) atoms. The minimum Gasteiger partial charge on any atom is -0.390 e. The first-order valence-corrected chi connectivity index (χ1v) is 15.6. The summed E-state index contributed by atoms with van der Waals surface area (Å²) >= 11 is 0. The predicted molar refractivity (Wildman–Crippen MR) is 170 cm³/mol. The third kappa shape index (κ3) is 6.97. The summed E-state index contributed by atoms with van der Waals surface area (Å²) in [5.74, 6) is 0.852. The van der Waals surface area contributed by atoms with Crippen molar-refractivity contribution >= 4 is 17.6 Å². The van der Waals surface area contributed by atoms with Gasteiger partial charge in [-0.25, -0.2) is 0 Å². The third-order valence-electron chi connectivity index (χ3n) is 9.10. The zero-order valence-electron chi connectivity index (χ0n) is 25.8. The molecule has 3 aromatic rings. The van der Waals surface area contributed by atoms with Crippen molar-refractivity contribution in [2.24, 2.45) is 11.7 Å². The van der Waals surface area contributed by atoms with Crippen LogP contribution >= 0.6 is 0 Å². The van der Waals surface area contributed by atoms with Gasteiger partial charge in [0.05, 0.1) is 5.60 Å². The average Bonchev–Trinajstić information content (AvgIpc) is 2.97. The SMILES string of the molecule is CCC(=O)N(C(C)C)C1CCC(CC(=O)Nc2cc(-c3ccccc3)c(-c3ccc([C@]4(N)C[C@](C)(O)C4)cc3)nn2)CC1. The Morgan fingerprint density at radius 2 is 1.65 bits per heavy atom. The third-order valence-corrected chi connectivity index (χ3v) is 9.10. The van der Waals surface area contributed by atoms with E-state index < -0.39 is 11.1 Å². The van der Waals surface area contributed by atoms with Gasteiger partial charge in [-0.3, -0.25) is 9.59 Å². The first kappa shape index (κ1) is 30.8. The molecule has 0 bridgehead atoms. The van der Waals surface area contributed by atoms with Crippen LogP contribution in [0.5, 0.6) is 0 Å². The van der Waals surface area contributed by atoms with Crippen LogP contribution in [0.1, 0.15) is 84.6 Å². The number of nitrogens with one attached hydrogen (secondary N) is 1. The van der Waals surface area contributed by atoms with E-state index in [1.165, 1.54) is 0 Å². The largest absolute Gasteiger partial charge is 0.390 e. The van der Waals surface area contributed by atoms with Crippen molar-refractivity contribution in [3.63, 3.8) is 0 Å². The van der Waals surface area contributed by atoms with Crippen LogP contribution in [0, 0.1) is 5.92 Å². The molecular weight excluding hydrogens is 538 g/mol. The number of carbonyl (C=O) groups excluding carboxylic acids is 2. The number of carbonyl (C=O) groups is 2. The average molecular weight is 584 g/mol. The maximum atomic E-state index is 13.1. The summed E-state index contributed by atoms with van der Waals surface area (Å²) in [6.07, 6.45) is 5.71. The van der Waals surface area contributed by atoms with Crippen LogP contribution in [-0.2, 0) is 15.1 Å². The van der Waals surface area contributed by atoms with Gasteiger partial charge in [0.2, 0.25) is 11.8 Å². The normalized spacial score (nSPS) is 25.2. The number of amides is 2. The molecule has 8 heteroatoms. The number of nitrogens with two attached hydrogens (primary N) is 1. The highest BCUT2D eigenvalue weighted by atomic mass is 16.3. The van der Waals surface area contributed by atoms with Crippen LogP contribution in [0.3, 0.4) is 0 Å². The Balaban J connectivity index is 1.27. The summed E-state index contributed by atoms with van der Waals surface area (Å²) in [7, 11) is 0. The molecule has 0 radical (unpaired) electrons. The second kappa shape index (κ2) is 12.5. The van der Waals surface area contributed by atoms with Crippen LogP contribution in [-0.4, -0.2) is 49.7 Å². The van der Waals surface area contributed by atoms with Crippen molar-refractivity contribution in [1.82, 2.24) is 15.1 Å². The maximum Gasteiger partial charge on any atom is 0.225 e. The molecule has 0 atom stereocenters. The lowest BCUT2D eigenvalue weighted by atomic mass is 9.63. The molecule has 1 heterocycles. The molecule has 228 valence electrons. The van der Waals surface area contributed by atoms with Gasteiger partial charge in [-0.2, -0.15) is 0 Å². The standard InChI is InChI=1S/C35H45N5O3/c1-5-32(42)40(23(2)3)28-17-11-24(12-18-28)19-31(41)37-30-20-29(25-9-7-6-8-10-25)33(39-38-30)26-13-15-27(16-14-26)35(36)21-34(4,43)22-35/h6-10,13-16,20,23-24,28,43H,5,11-12,17-19,21-22,36H2,1-4H3,(H,37,38,41)/t24?,28?,34-,35-. The maximum absolute atomic E-state index is 13.1. The Labute approximate surface area is 255 Å². The van der Waals surface area contributed by atoms with Crippen LogP contribution in [0.2, 0.25) is 0 Å². The molecule has 4 N–H and O–H groups in total. The van der Waals surface area contributed by atoms with Gasteiger partial charge >= 0.3 is 0 Å². The number of hydrogen-bond donors (Lipinski definition) is 3. The highest BCUT2D eigenvalue weighted by Gasteiger charge is 2.49. The number of anilines is 1. The molecule has 1 aromatic heterocycles. The van der Waals surface area contributed by atoms with Crippen molar-refractivity contribution in [3.05, 3.63) is 66.2 Å². The van der Waals surface area contributed by atoms with Crippen LogP contribution in [0.25, 0.3) is 22.4 Å². The van der Waals surface area contributed by atoms with Gasteiger partial charge in [-0.1, -0.05) is 61.5 Å². The lowest BCUT2D eigenvalue weighted by molar-refractivity contribution is -0.136. The van der Waals surface area contributed by atoms with Gasteiger partial charge in [-0.05, 0) is 82.4 Å². The first-order valence-electron chi connectivity index (χ1n) is 15.6. The van der Waals surface area contributed by atoms with E-state index in [0.717, 1.165) is 53.6 Å². The van der Waals surface area contributed by atoms with E-state index >= 15 is 0 Å². The van der Waals surface area contributed by atoms with Gasteiger partial charge in [0, 0.05) is 41.6 Å². The summed E-state index contributed by atoms with van der Waals surface area (Å²) in [6.45, 7) is 7.89. The number of benzene rings is 2. The lowest BCUT2D eigenvalue weighted by Gasteiger charge is -2.49. The highest BCUT2D eigenvalue weighted by molar-refractivity contribution is 5.91. The van der Waals surface area contributed by atoms with Gasteiger partial charge in [-0.15, -0.1) is 10.2 Å². The second-order valence-corrected chi connectivity index (χ2v) is 13.1. The number of aromatic nitrogens is 2. The Morgan fingerprint density at radius 3 is 2.23 bits per heavy atom. The summed E-state index contributed by atoms with van der Waals surface area (Å²) < 4.78 is 0. The topological polar surface area (TPSA) is 121 Å². The molecule has 8 nitrogen and oxygen atoms in total. The van der Waals surface area contributed by atoms with E-state index in [-0.39, 0.29) is 29.8 Å². The molecule has 0 spiro atoms. The van der Waals surface area contributed by atoms with E-state index in [4.69, 9.17) is 5.73 Å². The highest BCUT2D eigenvalue weighted by Crippen LogP contribution is 2.46. The Hall–Kier alpha value is -3.62. The van der Waals surface area contributed by atoms with E-state index in [1.54, 1.807) is 0 Å². The Morgan fingerprint density at radius 1 is 1.00 bits per heavy atom. The van der Waals surface area contributed by atoms with Gasteiger partial charge < -0.3 is 21.1 Å². The molecule has 5 rings (SSSR count). The number of aliphatic hydroxyl groups is 1. The van der Waals surface area contributed by atoms with E-state index in [2.05, 4.69) is 29.4 Å². The molecule has 2 amide bonds.